The molecule has 0 aliphatic carbocycles. The van der Waals surface area contributed by atoms with Crippen LogP contribution in [0.2, 0.25) is 0 Å². The molecule has 2 N–H and O–H groups in total. The second kappa shape index (κ2) is 13.2. The van der Waals surface area contributed by atoms with E-state index < -0.39 is 0 Å². The van der Waals surface area contributed by atoms with E-state index in [0.717, 1.165) is 37.8 Å². The van der Waals surface area contributed by atoms with Crippen molar-refractivity contribution in [3.05, 3.63) is 0 Å². The van der Waals surface area contributed by atoms with Gasteiger partial charge in [-0.15, -0.1) is 24.0 Å². The van der Waals surface area contributed by atoms with Gasteiger partial charge in [-0.2, -0.15) is 11.8 Å². The maximum absolute atomic E-state index is 11.7. The minimum atomic E-state index is -0.0686. The zero-order chi connectivity index (χ0) is 15.5. The summed E-state index contributed by atoms with van der Waals surface area (Å²) in [6.07, 6.45) is 1.16. The molecule has 0 aromatic carbocycles. The third-order valence-electron chi connectivity index (χ3n) is 3.23. The number of carbonyl (C=O) groups is 1. The predicted octanol–water partition coefficient (Wildman–Crippen LogP) is 1.16. The van der Waals surface area contributed by atoms with E-state index in [0.29, 0.717) is 18.4 Å². The van der Waals surface area contributed by atoms with Crippen molar-refractivity contribution in [1.82, 2.24) is 15.5 Å². The van der Waals surface area contributed by atoms with Gasteiger partial charge in [0.2, 0.25) is 5.91 Å². The van der Waals surface area contributed by atoms with Crippen molar-refractivity contribution >= 4 is 47.6 Å². The van der Waals surface area contributed by atoms with Gasteiger partial charge in [0, 0.05) is 44.3 Å². The van der Waals surface area contributed by atoms with Gasteiger partial charge in [0.15, 0.2) is 5.96 Å². The van der Waals surface area contributed by atoms with Crippen LogP contribution in [0.5, 0.6) is 0 Å². The van der Waals surface area contributed by atoms with Crippen LogP contribution in [0.1, 0.15) is 20.3 Å². The molecule has 1 atom stereocenters. The van der Waals surface area contributed by atoms with E-state index >= 15 is 0 Å². The first-order valence-corrected chi connectivity index (χ1v) is 8.66. The first kappa shape index (κ1) is 21.8. The van der Waals surface area contributed by atoms with Crippen LogP contribution >= 0.6 is 35.7 Å². The molecule has 0 saturated carbocycles. The van der Waals surface area contributed by atoms with Gasteiger partial charge >= 0.3 is 0 Å². The number of amides is 1. The predicted molar refractivity (Wildman–Crippen MR) is 104 cm³/mol. The highest BCUT2D eigenvalue weighted by Crippen LogP contribution is 2.20. The van der Waals surface area contributed by atoms with Crippen LogP contribution in [-0.4, -0.2) is 74.2 Å². The van der Waals surface area contributed by atoms with Gasteiger partial charge in [-0.1, -0.05) is 6.92 Å². The lowest BCUT2D eigenvalue weighted by Gasteiger charge is -2.34. The molecule has 1 saturated heterocycles. The third-order valence-corrected chi connectivity index (χ3v) is 4.60. The lowest BCUT2D eigenvalue weighted by atomic mass is 10.3. The molecule has 1 unspecified atom stereocenters. The number of halogens is 1. The molecule has 1 fully saturated rings. The van der Waals surface area contributed by atoms with Crippen LogP contribution in [0.3, 0.4) is 0 Å². The molecule has 0 aromatic rings. The Balaban J connectivity index is 0.00000441. The number of thioether (sulfide) groups is 1. The Morgan fingerprint density at radius 1 is 1.41 bits per heavy atom. The van der Waals surface area contributed by atoms with Gasteiger partial charge in [-0.3, -0.25) is 4.79 Å². The van der Waals surface area contributed by atoms with Crippen LogP contribution in [0, 0.1) is 0 Å². The molecule has 1 rings (SSSR count). The number of guanidine groups is 1. The number of ether oxygens (including phenoxy) is 1. The van der Waals surface area contributed by atoms with Crippen molar-refractivity contribution in [3.8, 4) is 0 Å². The van der Waals surface area contributed by atoms with Gasteiger partial charge < -0.3 is 20.3 Å². The number of nitrogens with zero attached hydrogens (tertiary/aromatic N) is 2. The van der Waals surface area contributed by atoms with E-state index in [1.54, 1.807) is 7.11 Å². The summed E-state index contributed by atoms with van der Waals surface area (Å²) in [5.74, 6) is 1.89. The summed E-state index contributed by atoms with van der Waals surface area (Å²) in [5.41, 5.74) is 0. The fourth-order valence-electron chi connectivity index (χ4n) is 2.08. The van der Waals surface area contributed by atoms with Gasteiger partial charge in [0.25, 0.3) is 0 Å². The van der Waals surface area contributed by atoms with E-state index in [2.05, 4.69) is 27.4 Å². The van der Waals surface area contributed by atoms with Crippen molar-refractivity contribution in [2.24, 2.45) is 4.99 Å². The Kier molecular flexibility index (Phi) is 13.1. The zero-order valence-corrected chi connectivity index (χ0v) is 16.9. The third kappa shape index (κ3) is 8.42. The highest BCUT2D eigenvalue weighted by atomic mass is 127. The number of carbonyl (C=O) groups excluding carboxylic acids is 1. The number of hydrogen-bond acceptors (Lipinski definition) is 4. The van der Waals surface area contributed by atoms with Crippen LogP contribution in [0.15, 0.2) is 4.99 Å². The maximum Gasteiger partial charge on any atom is 0.241 e. The van der Waals surface area contributed by atoms with Gasteiger partial charge in [-0.25, -0.2) is 4.99 Å². The SMILES string of the molecule is CCNC(=NCC(=O)NCCOC)N1CCSC(CC)C1.I. The molecule has 0 bridgehead atoms. The molecule has 1 aliphatic heterocycles. The van der Waals surface area contributed by atoms with E-state index in [1.165, 1.54) is 0 Å². The minimum Gasteiger partial charge on any atom is -0.383 e. The molecule has 1 aliphatic rings. The summed E-state index contributed by atoms with van der Waals surface area (Å²) in [5, 5.41) is 6.72. The van der Waals surface area contributed by atoms with E-state index in [9.17, 15) is 4.79 Å². The first-order valence-electron chi connectivity index (χ1n) is 7.61. The van der Waals surface area contributed by atoms with Crippen LogP contribution in [-0.2, 0) is 9.53 Å². The lowest BCUT2D eigenvalue weighted by molar-refractivity contribution is -0.119. The Morgan fingerprint density at radius 3 is 2.82 bits per heavy atom. The van der Waals surface area contributed by atoms with Crippen molar-refractivity contribution in [2.75, 3.05) is 52.2 Å². The van der Waals surface area contributed by atoms with Crippen molar-refractivity contribution in [2.45, 2.75) is 25.5 Å². The molecule has 8 heteroatoms. The summed E-state index contributed by atoms with van der Waals surface area (Å²) < 4.78 is 4.90. The van der Waals surface area contributed by atoms with Gasteiger partial charge in [0.05, 0.1) is 6.61 Å². The van der Waals surface area contributed by atoms with Crippen molar-refractivity contribution in [1.29, 1.82) is 0 Å². The quantitative estimate of drug-likeness (QED) is 0.267. The first-order chi connectivity index (χ1) is 10.2. The Labute approximate surface area is 155 Å². The molecular formula is C14H29IN4O2S. The molecule has 6 nitrogen and oxygen atoms in total. The largest absolute Gasteiger partial charge is 0.383 e. The smallest absolute Gasteiger partial charge is 0.241 e. The van der Waals surface area contributed by atoms with E-state index in [1.807, 2.05) is 18.7 Å². The van der Waals surface area contributed by atoms with Crippen LogP contribution < -0.4 is 10.6 Å². The second-order valence-corrected chi connectivity index (χ2v) is 6.27. The van der Waals surface area contributed by atoms with Crippen LogP contribution in [0.4, 0.5) is 0 Å². The number of rotatable bonds is 7. The number of hydrogen-bond donors (Lipinski definition) is 2. The normalized spacial score (nSPS) is 18.6. The molecule has 1 amide bonds. The minimum absolute atomic E-state index is 0. The molecule has 0 spiro atoms. The van der Waals surface area contributed by atoms with E-state index in [-0.39, 0.29) is 36.4 Å². The highest BCUT2D eigenvalue weighted by molar-refractivity contribution is 14.0. The monoisotopic (exact) mass is 444 g/mol. The molecule has 0 aromatic heterocycles. The van der Waals surface area contributed by atoms with Gasteiger partial charge in [0.1, 0.15) is 6.54 Å². The maximum atomic E-state index is 11.7. The molecule has 1 heterocycles. The number of nitrogens with one attached hydrogen (secondary N) is 2. The number of aliphatic imine (C=N–C) groups is 1. The standard InChI is InChI=1S/C14H28N4O2S.HI/c1-4-12-11-18(7-9-21-12)14(15-5-2)17-10-13(19)16-6-8-20-3;/h12H,4-11H2,1-3H3,(H,15,17)(H,16,19);1H. The van der Waals surface area contributed by atoms with Crippen molar-refractivity contribution in [3.63, 3.8) is 0 Å². The van der Waals surface area contributed by atoms with E-state index in [4.69, 9.17) is 4.74 Å². The summed E-state index contributed by atoms with van der Waals surface area (Å²) in [6, 6.07) is 0. The fraction of sp³-hybridized carbons (Fsp3) is 0.857. The molecule has 0 radical (unpaired) electrons. The molecule has 22 heavy (non-hydrogen) atoms. The summed E-state index contributed by atoms with van der Waals surface area (Å²) >= 11 is 2.02. The molecule has 130 valence electrons. The van der Waals surface area contributed by atoms with Gasteiger partial charge in [-0.05, 0) is 13.3 Å². The highest BCUT2D eigenvalue weighted by Gasteiger charge is 2.21. The van der Waals surface area contributed by atoms with Crippen LogP contribution in [0.25, 0.3) is 0 Å². The Morgan fingerprint density at radius 2 is 2.18 bits per heavy atom. The average Bonchev–Trinajstić information content (AvgIpc) is 2.51. The summed E-state index contributed by atoms with van der Waals surface area (Å²) in [4.78, 5) is 18.4. The average molecular weight is 444 g/mol. The topological polar surface area (TPSA) is 66.0 Å². The fourth-order valence-corrected chi connectivity index (χ4v) is 3.26. The summed E-state index contributed by atoms with van der Waals surface area (Å²) in [7, 11) is 1.62. The Hall–Kier alpha value is -0.220. The van der Waals surface area contributed by atoms with Crippen molar-refractivity contribution < 1.29 is 9.53 Å². The molecular weight excluding hydrogens is 415 g/mol. The number of methoxy groups -OCH3 is 1. The second-order valence-electron chi connectivity index (χ2n) is 4.86. The zero-order valence-electron chi connectivity index (χ0n) is 13.8. The summed E-state index contributed by atoms with van der Waals surface area (Å²) in [6.45, 7) is 8.27. The lowest BCUT2D eigenvalue weighted by Crippen LogP contribution is -2.48. The Bertz CT molecular complexity index is 345.